The smallest absolute Gasteiger partial charge is 0.351 e. The van der Waals surface area contributed by atoms with Crippen LogP contribution in [0.25, 0.3) is 0 Å². The summed E-state index contributed by atoms with van der Waals surface area (Å²) < 4.78 is 26.9. The van der Waals surface area contributed by atoms with E-state index >= 15 is 0 Å². The number of carbonyl (C=O) groups is 1. The van der Waals surface area contributed by atoms with Gasteiger partial charge in [0.1, 0.15) is 4.90 Å². The Balaban J connectivity index is 1.25. The van der Waals surface area contributed by atoms with Crippen LogP contribution in [0.1, 0.15) is 5.56 Å². The van der Waals surface area contributed by atoms with Crippen LogP contribution in [-0.2, 0) is 21.4 Å². The maximum atomic E-state index is 12.7. The van der Waals surface area contributed by atoms with Crippen LogP contribution in [0, 0.1) is 5.41 Å². The Morgan fingerprint density at radius 1 is 1.07 bits per heavy atom. The van der Waals surface area contributed by atoms with E-state index in [2.05, 4.69) is 5.32 Å². The number of nitrogens with zero attached hydrogens (tertiary/aromatic N) is 2. The largest absolute Gasteiger partial charge is 0.426 e. The maximum Gasteiger partial charge on any atom is 0.426 e. The van der Waals surface area contributed by atoms with Gasteiger partial charge in [0, 0.05) is 43.2 Å². The molecule has 154 valence electrons. The number of sulfonamides is 1. The number of amides is 1. The molecule has 2 saturated heterocycles. The Hall–Kier alpha value is -1.84. The molecule has 0 aromatic heterocycles. The van der Waals surface area contributed by atoms with Gasteiger partial charge in [0.15, 0.2) is 0 Å². The van der Waals surface area contributed by atoms with Gasteiger partial charge in [-0.3, -0.25) is 0 Å². The number of hydroxylamine groups is 2. The van der Waals surface area contributed by atoms with E-state index in [1.54, 1.807) is 5.06 Å². The second-order valence-corrected chi connectivity index (χ2v) is 10.1. The summed E-state index contributed by atoms with van der Waals surface area (Å²) in [5.74, 6) is 0. The highest BCUT2D eigenvalue weighted by atomic mass is 35.5. The highest BCUT2D eigenvalue weighted by Crippen LogP contribution is 2.43. The molecule has 1 spiro atoms. The van der Waals surface area contributed by atoms with Crippen LogP contribution in [0.2, 0.25) is 10.0 Å². The van der Waals surface area contributed by atoms with Crippen molar-refractivity contribution in [3.8, 4) is 0 Å². The van der Waals surface area contributed by atoms with Crippen molar-refractivity contribution in [3.05, 3.63) is 64.1 Å². The van der Waals surface area contributed by atoms with Crippen molar-refractivity contribution in [2.45, 2.75) is 11.4 Å². The second-order valence-electron chi connectivity index (χ2n) is 7.36. The van der Waals surface area contributed by atoms with E-state index in [9.17, 15) is 13.2 Å². The number of nitrogens with one attached hydrogen (secondary N) is 1. The molecule has 0 bridgehead atoms. The lowest BCUT2D eigenvalue weighted by molar-refractivity contribution is -0.232. The van der Waals surface area contributed by atoms with Gasteiger partial charge < -0.3 is 10.2 Å². The number of hydrogen-bond acceptors (Lipinski definition) is 5. The van der Waals surface area contributed by atoms with Crippen LogP contribution in [0.3, 0.4) is 0 Å². The molecule has 10 heteroatoms. The summed E-state index contributed by atoms with van der Waals surface area (Å²) in [7, 11) is -3.67. The van der Waals surface area contributed by atoms with Gasteiger partial charge >= 0.3 is 6.09 Å². The van der Waals surface area contributed by atoms with Gasteiger partial charge in [0.05, 0.1) is 5.02 Å². The highest BCUT2D eigenvalue weighted by molar-refractivity contribution is 7.89. The molecule has 2 aromatic rings. The normalized spacial score (nSPS) is 18.7. The lowest BCUT2D eigenvalue weighted by Crippen LogP contribution is -2.72. The van der Waals surface area contributed by atoms with Gasteiger partial charge in [-0.1, -0.05) is 53.5 Å². The Morgan fingerprint density at radius 3 is 2.41 bits per heavy atom. The summed E-state index contributed by atoms with van der Waals surface area (Å²) in [5, 5.41) is 4.72. The van der Waals surface area contributed by atoms with Crippen LogP contribution < -0.4 is 5.32 Å². The number of hydrogen-bond donors (Lipinski definition) is 1. The average molecular weight is 456 g/mol. The maximum absolute atomic E-state index is 12.7. The first-order valence-corrected chi connectivity index (χ1v) is 11.2. The molecule has 2 heterocycles. The minimum atomic E-state index is -3.67. The number of benzene rings is 2. The van der Waals surface area contributed by atoms with E-state index < -0.39 is 16.1 Å². The molecule has 2 aromatic carbocycles. The third-order valence-electron chi connectivity index (χ3n) is 5.05. The van der Waals surface area contributed by atoms with Gasteiger partial charge in [0.25, 0.3) is 0 Å². The zero-order chi connectivity index (χ0) is 20.6. The molecule has 2 aliphatic rings. The predicted molar refractivity (Wildman–Crippen MR) is 109 cm³/mol. The fourth-order valence-corrected chi connectivity index (χ4v) is 5.99. The summed E-state index contributed by atoms with van der Waals surface area (Å²) >= 11 is 11.9. The van der Waals surface area contributed by atoms with Crippen molar-refractivity contribution < 1.29 is 18.0 Å². The molecule has 2 fully saturated rings. The first-order valence-electron chi connectivity index (χ1n) is 8.97. The second kappa shape index (κ2) is 7.77. The van der Waals surface area contributed by atoms with Crippen molar-refractivity contribution in [2.24, 2.45) is 5.41 Å². The molecule has 0 aliphatic carbocycles. The number of rotatable bonds is 5. The van der Waals surface area contributed by atoms with Crippen LogP contribution in [0.5, 0.6) is 0 Å². The molecule has 0 unspecified atom stereocenters. The summed E-state index contributed by atoms with van der Waals surface area (Å²) in [6.07, 6.45) is -0.527. The molecule has 29 heavy (non-hydrogen) atoms. The number of halogens is 2. The van der Waals surface area contributed by atoms with Crippen LogP contribution >= 0.6 is 23.2 Å². The van der Waals surface area contributed by atoms with Gasteiger partial charge in [-0.2, -0.15) is 4.31 Å². The lowest BCUT2D eigenvalue weighted by atomic mass is 9.76. The molecule has 1 amide bonds. The molecule has 0 radical (unpaired) electrons. The Kier molecular flexibility index (Phi) is 5.48. The van der Waals surface area contributed by atoms with E-state index in [1.807, 2.05) is 30.3 Å². The molecular weight excluding hydrogens is 437 g/mol. The van der Waals surface area contributed by atoms with Gasteiger partial charge in [-0.15, -0.1) is 5.06 Å². The molecule has 0 atom stereocenters. The van der Waals surface area contributed by atoms with Gasteiger partial charge in [0.2, 0.25) is 10.0 Å². The summed E-state index contributed by atoms with van der Waals surface area (Å²) in [6, 6.07) is 13.9. The van der Waals surface area contributed by atoms with Gasteiger partial charge in [-0.25, -0.2) is 13.2 Å². The summed E-state index contributed by atoms with van der Waals surface area (Å²) in [4.78, 5) is 17.2. The SMILES string of the molecule is O=C(NCc1ccccc1)ON1CC2(C1)CN(S(=O)(=O)c1ccc(Cl)cc1Cl)C2. The Labute approximate surface area is 179 Å². The van der Waals surface area contributed by atoms with E-state index in [-0.39, 0.29) is 15.3 Å². The number of carbonyl (C=O) groups excluding carboxylic acids is 1. The van der Waals surface area contributed by atoms with Crippen molar-refractivity contribution in [1.82, 2.24) is 14.7 Å². The van der Waals surface area contributed by atoms with Crippen LogP contribution in [-0.4, -0.2) is 50.1 Å². The molecule has 1 N–H and O–H groups in total. The first kappa shape index (κ1) is 20.4. The van der Waals surface area contributed by atoms with Crippen LogP contribution in [0.4, 0.5) is 4.79 Å². The van der Waals surface area contributed by atoms with Crippen molar-refractivity contribution in [1.29, 1.82) is 0 Å². The zero-order valence-corrected chi connectivity index (χ0v) is 17.7. The van der Waals surface area contributed by atoms with E-state index in [1.165, 1.54) is 22.5 Å². The quantitative estimate of drug-likeness (QED) is 0.748. The fourth-order valence-electron chi connectivity index (χ4n) is 3.58. The van der Waals surface area contributed by atoms with Crippen molar-refractivity contribution in [2.75, 3.05) is 26.2 Å². The minimum Gasteiger partial charge on any atom is -0.351 e. The average Bonchev–Trinajstić information content (AvgIpc) is 2.61. The third-order valence-corrected chi connectivity index (χ3v) is 7.56. The van der Waals surface area contributed by atoms with E-state index in [0.29, 0.717) is 37.7 Å². The third kappa shape index (κ3) is 4.22. The van der Waals surface area contributed by atoms with E-state index in [0.717, 1.165) is 5.56 Å². The molecule has 7 nitrogen and oxygen atoms in total. The molecule has 2 aliphatic heterocycles. The molecule has 4 rings (SSSR count). The zero-order valence-electron chi connectivity index (χ0n) is 15.3. The Bertz CT molecular complexity index is 1020. The fraction of sp³-hybridized carbons (Fsp3) is 0.316. The standard InChI is InChI=1S/C19H19Cl2N3O4S/c20-15-6-7-17(16(21)8-15)29(26,27)24-12-19(13-24)10-23(11-19)28-18(25)22-9-14-4-2-1-3-5-14/h1-8H,9-13H2,(H,22,25). The minimum absolute atomic E-state index is 0.0473. The summed E-state index contributed by atoms with van der Waals surface area (Å²) in [5.41, 5.74) is 0.788. The highest BCUT2D eigenvalue weighted by Gasteiger charge is 2.56. The first-order chi connectivity index (χ1) is 13.8. The monoisotopic (exact) mass is 455 g/mol. The van der Waals surface area contributed by atoms with E-state index in [4.69, 9.17) is 28.0 Å². The lowest BCUT2D eigenvalue weighted by Gasteiger charge is -2.57. The molecule has 0 saturated carbocycles. The van der Waals surface area contributed by atoms with Gasteiger partial charge in [-0.05, 0) is 23.8 Å². The van der Waals surface area contributed by atoms with Crippen molar-refractivity contribution >= 4 is 39.3 Å². The van der Waals surface area contributed by atoms with Crippen LogP contribution in [0.15, 0.2) is 53.4 Å². The van der Waals surface area contributed by atoms with Crippen molar-refractivity contribution in [3.63, 3.8) is 0 Å². The molecular formula is C19H19Cl2N3O4S. The predicted octanol–water partition coefficient (Wildman–Crippen LogP) is 3.14. The Morgan fingerprint density at radius 2 is 1.76 bits per heavy atom. The summed E-state index contributed by atoms with van der Waals surface area (Å²) in [6.45, 7) is 2.09. The topological polar surface area (TPSA) is 79.0 Å².